The molecule has 2 amide bonds. The molecule has 0 saturated carbocycles. The first-order valence-electron chi connectivity index (χ1n) is 5.88. The first kappa shape index (κ1) is 13.5. The molecule has 0 radical (unpaired) electrons. The third kappa shape index (κ3) is 2.13. The quantitative estimate of drug-likeness (QED) is 0.883. The van der Waals surface area contributed by atoms with E-state index in [-0.39, 0.29) is 13.1 Å². The van der Waals surface area contributed by atoms with Crippen LogP contribution in [-0.4, -0.2) is 57.5 Å². The van der Waals surface area contributed by atoms with E-state index in [0.717, 1.165) is 0 Å². The first-order chi connectivity index (χ1) is 9.90. The lowest BCUT2D eigenvalue weighted by Crippen LogP contribution is -2.44. The molecule has 3 heterocycles. The Balaban J connectivity index is 1.89. The highest BCUT2D eigenvalue weighted by Crippen LogP contribution is 2.34. The van der Waals surface area contributed by atoms with Crippen LogP contribution in [0.3, 0.4) is 0 Å². The number of carboxylic acids is 1. The molecule has 1 aromatic heterocycles. The number of aliphatic carboxylic acids is 1. The lowest BCUT2D eigenvalue weighted by Gasteiger charge is -2.25. The minimum atomic E-state index is -4.49. The second-order valence-electron chi connectivity index (χ2n) is 4.51. The van der Waals surface area contributed by atoms with Crippen molar-refractivity contribution < 1.29 is 32.8 Å². The predicted molar refractivity (Wildman–Crippen MR) is 60.7 cm³/mol. The molecule has 21 heavy (non-hydrogen) atoms. The van der Waals surface area contributed by atoms with E-state index >= 15 is 0 Å². The number of nitrogens with zero attached hydrogens (tertiary/aromatic N) is 3. The van der Waals surface area contributed by atoms with Crippen molar-refractivity contribution >= 4 is 17.6 Å². The van der Waals surface area contributed by atoms with Gasteiger partial charge in [0.05, 0.1) is 12.7 Å². The molecule has 0 spiro atoms. The van der Waals surface area contributed by atoms with Gasteiger partial charge in [-0.25, -0.2) is 9.59 Å². The van der Waals surface area contributed by atoms with Gasteiger partial charge in [-0.15, -0.1) is 0 Å². The van der Waals surface area contributed by atoms with Crippen LogP contribution in [0.15, 0.2) is 23.1 Å². The van der Waals surface area contributed by atoms with E-state index in [1.54, 1.807) is 6.08 Å². The number of hydrogen-bond donors (Lipinski definition) is 1. The summed E-state index contributed by atoms with van der Waals surface area (Å²) >= 11 is 0. The minimum absolute atomic E-state index is 0.117. The van der Waals surface area contributed by atoms with Crippen molar-refractivity contribution in [3.8, 4) is 0 Å². The Kier molecular flexibility index (Phi) is 2.90. The summed E-state index contributed by atoms with van der Waals surface area (Å²) in [6.07, 6.45) is -0.162. The van der Waals surface area contributed by atoms with Gasteiger partial charge in [0.25, 0.3) is 0 Å². The molecule has 1 N–H and O–H groups in total. The molecule has 10 heteroatoms. The van der Waals surface area contributed by atoms with E-state index in [1.807, 2.05) is 0 Å². The molecule has 1 fully saturated rings. The fourth-order valence-electron chi connectivity index (χ4n) is 2.28. The third-order valence-corrected chi connectivity index (χ3v) is 3.25. The summed E-state index contributed by atoms with van der Waals surface area (Å²) in [5.74, 6) is -2.47. The van der Waals surface area contributed by atoms with Crippen molar-refractivity contribution in [2.75, 3.05) is 13.1 Å². The van der Waals surface area contributed by atoms with Crippen molar-refractivity contribution in [2.45, 2.75) is 12.2 Å². The highest BCUT2D eigenvalue weighted by Gasteiger charge is 2.51. The van der Waals surface area contributed by atoms with Gasteiger partial charge in [-0.2, -0.15) is 18.7 Å². The molecule has 1 saturated heterocycles. The number of urea groups is 1. The minimum Gasteiger partial charge on any atom is -0.475 e. The highest BCUT2D eigenvalue weighted by molar-refractivity contribution is 5.85. The van der Waals surface area contributed by atoms with E-state index < -0.39 is 24.2 Å². The summed E-state index contributed by atoms with van der Waals surface area (Å²) < 4.78 is 31.1. The number of rotatable bonds is 4. The van der Waals surface area contributed by atoms with Gasteiger partial charge in [0.1, 0.15) is 12.3 Å². The molecule has 0 aromatic carbocycles. The standard InChI is InChI=1S/C11H9F2N3O5/c12-11(13,9(17)18)21-16-8-4-15(10(16)19)2-1-7(8)6-3-14-20-5-6/h1,3,5,8H,2,4H2,(H,17,18). The van der Waals surface area contributed by atoms with Crippen molar-refractivity contribution in [3.63, 3.8) is 0 Å². The zero-order valence-corrected chi connectivity index (χ0v) is 10.4. The Bertz CT molecular complexity index is 615. The van der Waals surface area contributed by atoms with Gasteiger partial charge in [-0.3, -0.25) is 0 Å². The summed E-state index contributed by atoms with van der Waals surface area (Å²) in [5, 5.41) is 12.3. The van der Waals surface area contributed by atoms with E-state index in [0.29, 0.717) is 16.2 Å². The van der Waals surface area contributed by atoms with Crippen molar-refractivity contribution in [2.24, 2.45) is 0 Å². The molecule has 2 aliphatic rings. The van der Waals surface area contributed by atoms with Gasteiger partial charge < -0.3 is 14.5 Å². The maximum absolute atomic E-state index is 13.2. The lowest BCUT2D eigenvalue weighted by atomic mass is 9.99. The molecule has 0 aliphatic carbocycles. The van der Waals surface area contributed by atoms with Gasteiger partial charge in [0.2, 0.25) is 0 Å². The molecule has 2 aliphatic heterocycles. The Labute approximate surface area is 116 Å². The second kappa shape index (κ2) is 4.52. The van der Waals surface area contributed by atoms with Crippen molar-refractivity contribution in [1.82, 2.24) is 15.1 Å². The van der Waals surface area contributed by atoms with E-state index in [2.05, 4.69) is 14.5 Å². The molecule has 2 bridgehead atoms. The van der Waals surface area contributed by atoms with Gasteiger partial charge in [0.15, 0.2) is 0 Å². The van der Waals surface area contributed by atoms with Crippen LogP contribution in [0.1, 0.15) is 5.56 Å². The van der Waals surface area contributed by atoms with Crippen LogP contribution in [-0.2, 0) is 9.63 Å². The summed E-state index contributed by atoms with van der Waals surface area (Å²) in [6, 6.07) is -1.67. The normalized spacial score (nSPS) is 21.7. The number of carbonyl (C=O) groups is 2. The largest absolute Gasteiger partial charge is 0.476 e. The van der Waals surface area contributed by atoms with E-state index in [9.17, 15) is 18.4 Å². The van der Waals surface area contributed by atoms with Crippen LogP contribution in [0.4, 0.5) is 13.6 Å². The average molecular weight is 301 g/mol. The molecular weight excluding hydrogens is 292 g/mol. The highest BCUT2D eigenvalue weighted by atomic mass is 19.3. The molecule has 8 nitrogen and oxygen atoms in total. The van der Waals surface area contributed by atoms with Crippen LogP contribution in [0, 0.1) is 0 Å². The number of amides is 2. The number of fused-ring (bicyclic) bond motifs is 2. The zero-order valence-electron chi connectivity index (χ0n) is 10.4. The van der Waals surface area contributed by atoms with Crippen LogP contribution in [0.5, 0.6) is 0 Å². The van der Waals surface area contributed by atoms with Crippen molar-refractivity contribution in [1.29, 1.82) is 0 Å². The lowest BCUT2D eigenvalue weighted by molar-refractivity contribution is -0.323. The van der Waals surface area contributed by atoms with Gasteiger partial charge >= 0.3 is 18.1 Å². The molecule has 1 atom stereocenters. The fraction of sp³-hybridized carbons (Fsp3) is 0.364. The average Bonchev–Trinajstić information content (AvgIpc) is 3.03. The fourth-order valence-corrected chi connectivity index (χ4v) is 2.28. The zero-order chi connectivity index (χ0) is 15.2. The number of hydrogen-bond acceptors (Lipinski definition) is 5. The number of carboxylic acid groups (broad SMARTS) is 1. The summed E-state index contributed by atoms with van der Waals surface area (Å²) in [6.45, 7) is 0.319. The Morgan fingerprint density at radius 2 is 2.33 bits per heavy atom. The number of alkyl halides is 2. The van der Waals surface area contributed by atoms with Crippen LogP contribution < -0.4 is 0 Å². The monoisotopic (exact) mass is 301 g/mol. The van der Waals surface area contributed by atoms with Crippen molar-refractivity contribution in [3.05, 3.63) is 24.1 Å². The SMILES string of the molecule is O=C1N2CC=C(c3cnoc3)C(C2)N1OC(F)(F)C(=O)O. The van der Waals surface area contributed by atoms with E-state index in [1.165, 1.54) is 17.4 Å². The number of halogens is 2. The third-order valence-electron chi connectivity index (χ3n) is 3.25. The molecular formula is C11H9F2N3O5. The molecule has 3 rings (SSSR count). The Hall–Kier alpha value is -2.49. The summed E-state index contributed by atoms with van der Waals surface area (Å²) in [5.41, 5.74) is 1.03. The Morgan fingerprint density at radius 1 is 1.57 bits per heavy atom. The van der Waals surface area contributed by atoms with E-state index in [4.69, 9.17) is 5.11 Å². The van der Waals surface area contributed by atoms with Crippen LogP contribution in [0.25, 0.3) is 5.57 Å². The maximum Gasteiger partial charge on any atom is 0.476 e. The summed E-state index contributed by atoms with van der Waals surface area (Å²) in [4.78, 5) is 27.8. The second-order valence-corrected chi connectivity index (χ2v) is 4.51. The summed E-state index contributed by atoms with van der Waals surface area (Å²) in [7, 11) is 0. The molecule has 1 aromatic rings. The number of carbonyl (C=O) groups excluding carboxylic acids is 1. The maximum atomic E-state index is 13.2. The number of aromatic nitrogens is 1. The van der Waals surface area contributed by atoms with Crippen LogP contribution in [0.2, 0.25) is 0 Å². The molecule has 112 valence electrons. The van der Waals surface area contributed by atoms with Gasteiger partial charge in [-0.05, 0) is 5.57 Å². The van der Waals surface area contributed by atoms with Gasteiger partial charge in [0, 0.05) is 12.1 Å². The predicted octanol–water partition coefficient (Wildman–Crippen LogP) is 0.787. The van der Waals surface area contributed by atoms with Crippen LogP contribution >= 0.6 is 0 Å². The smallest absolute Gasteiger partial charge is 0.475 e. The molecule has 1 unspecified atom stereocenters. The first-order valence-corrected chi connectivity index (χ1v) is 5.88. The van der Waals surface area contributed by atoms with Gasteiger partial charge in [-0.1, -0.05) is 11.2 Å². The topological polar surface area (TPSA) is 96.1 Å². The Morgan fingerprint density at radius 3 is 2.95 bits per heavy atom. The number of hydroxylamine groups is 2.